The molecule has 3 aromatic rings. The van der Waals surface area contributed by atoms with Crippen molar-refractivity contribution in [1.82, 2.24) is 14.2 Å². The molecule has 0 bridgehead atoms. The van der Waals surface area contributed by atoms with Crippen LogP contribution in [0.4, 0.5) is 0 Å². The summed E-state index contributed by atoms with van der Waals surface area (Å²) >= 11 is 0. The number of benzene rings is 2. The van der Waals surface area contributed by atoms with Crippen LogP contribution in [0.5, 0.6) is 0 Å². The first kappa shape index (κ1) is 27.9. The second-order valence-electron chi connectivity index (χ2n) is 11.2. The molecule has 2 aliphatic heterocycles. The van der Waals surface area contributed by atoms with Crippen LogP contribution in [-0.4, -0.2) is 66.5 Å². The summed E-state index contributed by atoms with van der Waals surface area (Å²) in [5, 5.41) is 1.10. The van der Waals surface area contributed by atoms with E-state index in [4.69, 9.17) is 5.73 Å². The van der Waals surface area contributed by atoms with Crippen LogP contribution in [0.15, 0.2) is 48.7 Å². The van der Waals surface area contributed by atoms with Gasteiger partial charge in [0.05, 0.1) is 12.2 Å². The van der Waals surface area contributed by atoms with E-state index in [1.165, 1.54) is 24.8 Å². The van der Waals surface area contributed by atoms with E-state index in [-0.39, 0.29) is 24.0 Å². The Morgan fingerprint density at radius 3 is 2.51 bits per heavy atom. The molecule has 8 heteroatoms. The van der Waals surface area contributed by atoms with Crippen molar-refractivity contribution < 1.29 is 13.2 Å². The van der Waals surface area contributed by atoms with Gasteiger partial charge >= 0.3 is 0 Å². The average Bonchev–Trinajstić information content (AvgIpc) is 3.38. The largest absolute Gasteiger partial charge is 0.369 e. The summed E-state index contributed by atoms with van der Waals surface area (Å²) in [6, 6.07) is 15.0. The highest BCUT2D eigenvalue weighted by atomic mass is 32.2. The summed E-state index contributed by atoms with van der Waals surface area (Å²) in [5.74, 6) is 0.132. The SMILES string of the molecule is CCC1CCCCN1CCCS(=O)(=O)N1CCC(c2c[nH]c3c(CC(N)=O)cc(-c4ccccc4)cc23)CC1. The molecule has 2 saturated heterocycles. The van der Waals surface area contributed by atoms with Crippen LogP contribution in [0.3, 0.4) is 0 Å². The number of nitrogens with two attached hydrogens (primary N) is 1. The van der Waals surface area contributed by atoms with Gasteiger partial charge < -0.3 is 15.6 Å². The minimum Gasteiger partial charge on any atom is -0.369 e. The standard InChI is InChI=1S/C31H42N4O3S/c1-2-27-11-6-7-14-34(27)15-8-18-39(37,38)35-16-12-24(13-17-35)29-22-33-31-26(21-30(32)36)19-25(20-28(29)31)23-9-4-3-5-10-23/h3-5,9-10,19-20,22,24,27,33H,2,6-8,11-18,21H2,1H3,(H2,32,36). The number of nitrogens with one attached hydrogen (secondary N) is 1. The third-order valence-corrected chi connectivity index (χ3v) is 10.7. The molecule has 1 atom stereocenters. The summed E-state index contributed by atoms with van der Waals surface area (Å²) in [6.45, 7) is 5.31. The van der Waals surface area contributed by atoms with Crippen molar-refractivity contribution in [2.24, 2.45) is 5.73 Å². The van der Waals surface area contributed by atoms with Gasteiger partial charge in [0.25, 0.3) is 0 Å². The Morgan fingerprint density at radius 2 is 1.79 bits per heavy atom. The normalized spacial score (nSPS) is 20.0. The van der Waals surface area contributed by atoms with Gasteiger partial charge in [-0.15, -0.1) is 0 Å². The molecule has 0 aliphatic carbocycles. The van der Waals surface area contributed by atoms with Gasteiger partial charge in [-0.1, -0.05) is 43.7 Å². The number of hydrogen-bond donors (Lipinski definition) is 2. The Kier molecular flexibility index (Phi) is 8.74. The van der Waals surface area contributed by atoms with Gasteiger partial charge in [-0.25, -0.2) is 12.7 Å². The lowest BCUT2D eigenvalue weighted by Crippen LogP contribution is -2.42. The fraction of sp³-hybridized carbons (Fsp3) is 0.516. The third kappa shape index (κ3) is 6.39. The van der Waals surface area contributed by atoms with Gasteiger partial charge in [-0.3, -0.25) is 4.79 Å². The number of H-pyrrole nitrogens is 1. The molecule has 0 saturated carbocycles. The number of hydrogen-bond acceptors (Lipinski definition) is 4. The van der Waals surface area contributed by atoms with Crippen LogP contribution in [-0.2, 0) is 21.2 Å². The number of sulfonamides is 1. The van der Waals surface area contributed by atoms with Crippen molar-refractivity contribution in [2.45, 2.75) is 70.3 Å². The predicted molar refractivity (Wildman–Crippen MR) is 158 cm³/mol. The Morgan fingerprint density at radius 1 is 1.03 bits per heavy atom. The van der Waals surface area contributed by atoms with Crippen LogP contribution >= 0.6 is 0 Å². The minimum atomic E-state index is -3.26. The van der Waals surface area contributed by atoms with E-state index < -0.39 is 10.0 Å². The number of rotatable bonds is 10. The Bertz CT molecular complexity index is 1380. The Balaban J connectivity index is 1.27. The quantitative estimate of drug-likeness (QED) is 0.370. The minimum absolute atomic E-state index is 0.171. The number of amides is 1. The number of carbonyl (C=O) groups is 1. The van der Waals surface area contributed by atoms with E-state index in [0.29, 0.717) is 25.6 Å². The number of nitrogens with zero attached hydrogens (tertiary/aromatic N) is 2. The molecule has 2 aromatic carbocycles. The monoisotopic (exact) mass is 550 g/mol. The first-order chi connectivity index (χ1) is 18.9. The van der Waals surface area contributed by atoms with Crippen molar-refractivity contribution >= 4 is 26.8 Å². The van der Waals surface area contributed by atoms with Crippen LogP contribution in [0.1, 0.15) is 68.9 Å². The zero-order chi connectivity index (χ0) is 27.4. The summed E-state index contributed by atoms with van der Waals surface area (Å²) in [5.41, 5.74) is 10.8. The number of piperidine rings is 2. The zero-order valence-corrected chi connectivity index (χ0v) is 23.9. The second-order valence-corrected chi connectivity index (χ2v) is 13.3. The van der Waals surface area contributed by atoms with Gasteiger partial charge in [-0.2, -0.15) is 0 Å². The molecular formula is C31H42N4O3S. The lowest BCUT2D eigenvalue weighted by atomic mass is 9.88. The van der Waals surface area contributed by atoms with E-state index in [1.807, 2.05) is 30.5 Å². The molecular weight excluding hydrogens is 508 g/mol. The summed E-state index contributed by atoms with van der Waals surface area (Å²) < 4.78 is 28.1. The molecule has 1 unspecified atom stereocenters. The number of primary amides is 1. The zero-order valence-electron chi connectivity index (χ0n) is 23.1. The highest BCUT2D eigenvalue weighted by molar-refractivity contribution is 7.89. The molecule has 3 N–H and O–H groups in total. The molecule has 0 radical (unpaired) electrons. The third-order valence-electron chi connectivity index (χ3n) is 8.73. The average molecular weight is 551 g/mol. The van der Waals surface area contributed by atoms with E-state index >= 15 is 0 Å². The predicted octanol–water partition coefficient (Wildman–Crippen LogP) is 5.03. The van der Waals surface area contributed by atoms with Gasteiger partial charge in [0, 0.05) is 36.2 Å². The van der Waals surface area contributed by atoms with Crippen molar-refractivity contribution in [1.29, 1.82) is 0 Å². The molecule has 39 heavy (non-hydrogen) atoms. The molecule has 3 heterocycles. The lowest BCUT2D eigenvalue weighted by Gasteiger charge is -2.35. The van der Waals surface area contributed by atoms with Gasteiger partial charge in [0.15, 0.2) is 0 Å². The van der Waals surface area contributed by atoms with Crippen LogP contribution in [0.2, 0.25) is 0 Å². The molecule has 2 aliphatic rings. The van der Waals surface area contributed by atoms with Crippen molar-refractivity contribution in [2.75, 3.05) is 31.9 Å². The number of aromatic amines is 1. The lowest BCUT2D eigenvalue weighted by molar-refractivity contribution is -0.117. The van der Waals surface area contributed by atoms with E-state index in [2.05, 4.69) is 35.0 Å². The number of likely N-dealkylation sites (tertiary alicyclic amines) is 1. The molecule has 7 nitrogen and oxygen atoms in total. The maximum absolute atomic E-state index is 13.2. The molecule has 1 amide bonds. The topological polar surface area (TPSA) is 99.5 Å². The van der Waals surface area contributed by atoms with Gasteiger partial charge in [0.2, 0.25) is 15.9 Å². The summed E-state index contributed by atoms with van der Waals surface area (Å²) in [7, 11) is -3.26. The van der Waals surface area contributed by atoms with Crippen molar-refractivity contribution in [3.05, 3.63) is 59.8 Å². The smallest absolute Gasteiger partial charge is 0.221 e. The Labute approximate surface area is 232 Å². The highest BCUT2D eigenvalue weighted by Gasteiger charge is 2.30. The van der Waals surface area contributed by atoms with Gasteiger partial charge in [0.1, 0.15) is 0 Å². The molecule has 210 valence electrons. The fourth-order valence-electron chi connectivity index (χ4n) is 6.63. The van der Waals surface area contributed by atoms with Crippen LogP contribution < -0.4 is 5.73 Å². The Hall–Kier alpha value is -2.68. The van der Waals surface area contributed by atoms with Crippen LogP contribution in [0, 0.1) is 0 Å². The number of aromatic nitrogens is 1. The maximum atomic E-state index is 13.2. The van der Waals surface area contributed by atoms with Crippen LogP contribution in [0.25, 0.3) is 22.0 Å². The number of carbonyl (C=O) groups excluding carboxylic acids is 1. The first-order valence-electron chi connectivity index (χ1n) is 14.5. The summed E-state index contributed by atoms with van der Waals surface area (Å²) in [4.78, 5) is 17.7. The van der Waals surface area contributed by atoms with Gasteiger partial charge in [-0.05, 0) is 91.9 Å². The summed E-state index contributed by atoms with van der Waals surface area (Å²) in [6.07, 6.45) is 9.39. The van der Waals surface area contributed by atoms with Crippen molar-refractivity contribution in [3.63, 3.8) is 0 Å². The number of fused-ring (bicyclic) bond motifs is 1. The first-order valence-corrected chi connectivity index (χ1v) is 16.2. The highest BCUT2D eigenvalue weighted by Crippen LogP contribution is 2.37. The van der Waals surface area contributed by atoms with E-state index in [0.717, 1.165) is 59.9 Å². The molecule has 5 rings (SSSR count). The molecule has 2 fully saturated rings. The maximum Gasteiger partial charge on any atom is 0.221 e. The van der Waals surface area contributed by atoms with E-state index in [9.17, 15) is 13.2 Å². The molecule has 1 aromatic heterocycles. The van der Waals surface area contributed by atoms with E-state index in [1.54, 1.807) is 4.31 Å². The van der Waals surface area contributed by atoms with Crippen molar-refractivity contribution in [3.8, 4) is 11.1 Å². The fourth-order valence-corrected chi connectivity index (χ4v) is 8.15. The molecule has 0 spiro atoms. The second kappa shape index (κ2) is 12.2.